The third-order valence-corrected chi connectivity index (χ3v) is 5.58. The van der Waals surface area contributed by atoms with E-state index in [1.54, 1.807) is 34.8 Å². The molecule has 8 heteroatoms. The van der Waals surface area contributed by atoms with E-state index in [2.05, 4.69) is 10.4 Å². The molecule has 1 aromatic heterocycles. The molecule has 0 aliphatic carbocycles. The monoisotopic (exact) mass is 424 g/mol. The van der Waals surface area contributed by atoms with E-state index >= 15 is 0 Å². The number of likely N-dealkylation sites (tertiary alicyclic amines) is 1. The number of nitrogens with one attached hydrogen (secondary N) is 1. The molecule has 0 atom stereocenters. The van der Waals surface area contributed by atoms with Gasteiger partial charge in [-0.1, -0.05) is 18.2 Å². The fourth-order valence-electron chi connectivity index (χ4n) is 3.83. The predicted octanol–water partition coefficient (Wildman–Crippen LogP) is 3.44. The Bertz CT molecular complexity index is 1060. The molecule has 2 aromatic rings. The van der Waals surface area contributed by atoms with Gasteiger partial charge in [-0.15, -0.1) is 0 Å². The number of ether oxygens (including phenoxy) is 1. The molecular weight excluding hydrogens is 396 g/mol. The fourth-order valence-corrected chi connectivity index (χ4v) is 3.83. The van der Waals surface area contributed by atoms with Crippen LogP contribution in [0.15, 0.2) is 42.1 Å². The molecule has 31 heavy (non-hydrogen) atoms. The summed E-state index contributed by atoms with van der Waals surface area (Å²) >= 11 is 0. The number of fused-ring (bicyclic) bond motifs is 1. The van der Waals surface area contributed by atoms with Crippen molar-refractivity contribution in [3.05, 3.63) is 53.4 Å². The summed E-state index contributed by atoms with van der Waals surface area (Å²) < 4.78 is 6.36. The van der Waals surface area contributed by atoms with E-state index in [-0.39, 0.29) is 23.4 Å². The lowest BCUT2D eigenvalue weighted by Crippen LogP contribution is -2.45. The Labute approximate surface area is 181 Å². The zero-order valence-corrected chi connectivity index (χ0v) is 18.3. The molecule has 2 heterocycles. The third kappa shape index (κ3) is 4.68. The summed E-state index contributed by atoms with van der Waals surface area (Å²) in [6.07, 6.45) is 6.77. The summed E-state index contributed by atoms with van der Waals surface area (Å²) in [5.74, 6) is -0.608. The number of methoxy groups -OCH3 is 1. The molecule has 164 valence electrons. The molecule has 2 amide bonds. The number of aromatic nitrogens is 2. The number of aryl methyl sites for hydroxylation is 1. The molecule has 1 N–H and O–H groups in total. The molecule has 8 nitrogen and oxygen atoms in total. The van der Waals surface area contributed by atoms with Crippen LogP contribution in [0.1, 0.15) is 47.5 Å². The van der Waals surface area contributed by atoms with Gasteiger partial charge in [0, 0.05) is 42.7 Å². The Morgan fingerprint density at radius 3 is 2.52 bits per heavy atom. The minimum atomic E-state index is -0.508. The first-order valence-electron chi connectivity index (χ1n) is 10.3. The van der Waals surface area contributed by atoms with E-state index in [1.807, 2.05) is 32.1 Å². The van der Waals surface area contributed by atoms with Gasteiger partial charge in [-0.2, -0.15) is 5.10 Å². The van der Waals surface area contributed by atoms with E-state index in [1.165, 1.54) is 7.11 Å². The first-order chi connectivity index (χ1) is 14.9. The molecule has 1 saturated heterocycles. The predicted molar refractivity (Wildman–Crippen MR) is 118 cm³/mol. The van der Waals surface area contributed by atoms with Gasteiger partial charge in [0.05, 0.1) is 12.6 Å². The molecule has 1 fully saturated rings. The zero-order chi connectivity index (χ0) is 22.5. The number of amides is 2. The highest BCUT2D eigenvalue weighted by atomic mass is 16.5. The summed E-state index contributed by atoms with van der Waals surface area (Å²) in [5.41, 5.74) is 2.27. The first kappa shape index (κ1) is 22.3. The van der Waals surface area contributed by atoms with Crippen molar-refractivity contribution in [3.8, 4) is 0 Å². The first-order valence-corrected chi connectivity index (χ1v) is 10.3. The number of urea groups is 1. The van der Waals surface area contributed by atoms with Crippen LogP contribution in [0, 0.1) is 5.92 Å². The van der Waals surface area contributed by atoms with Crippen LogP contribution in [0.4, 0.5) is 4.79 Å². The molecule has 0 unspecified atom stereocenters. The fraction of sp³-hybridized carbons (Fsp3) is 0.391. The normalized spacial score (nSPS) is 15.5. The Kier molecular flexibility index (Phi) is 6.89. The number of ketones is 1. The molecule has 0 spiro atoms. The second-order valence-electron chi connectivity index (χ2n) is 7.50. The average molecular weight is 425 g/mol. The molecule has 0 radical (unpaired) electrons. The molecule has 0 bridgehead atoms. The molecular formula is C23H28N4O4. The van der Waals surface area contributed by atoms with Crippen molar-refractivity contribution in [2.24, 2.45) is 13.0 Å². The summed E-state index contributed by atoms with van der Waals surface area (Å²) in [4.78, 5) is 39.2. The number of rotatable bonds is 5. The molecule has 0 saturated carbocycles. The van der Waals surface area contributed by atoms with E-state index < -0.39 is 5.97 Å². The second kappa shape index (κ2) is 9.59. The summed E-state index contributed by atoms with van der Waals surface area (Å²) in [6, 6.07) is 5.09. The number of nitrogens with zero attached hydrogens (tertiary/aromatic N) is 3. The smallest absolute Gasteiger partial charge is 0.359 e. The number of hydrogen-bond donors (Lipinski definition) is 1. The van der Waals surface area contributed by atoms with Crippen molar-refractivity contribution in [1.82, 2.24) is 20.0 Å². The summed E-state index contributed by atoms with van der Waals surface area (Å²) in [7, 11) is 3.04. The van der Waals surface area contributed by atoms with Gasteiger partial charge in [-0.3, -0.25) is 9.48 Å². The lowest BCUT2D eigenvalue weighted by atomic mass is 9.88. The van der Waals surface area contributed by atoms with E-state index in [0.717, 1.165) is 5.70 Å². The van der Waals surface area contributed by atoms with Crippen molar-refractivity contribution in [3.63, 3.8) is 0 Å². The third-order valence-electron chi connectivity index (χ3n) is 5.58. The minimum absolute atomic E-state index is 0.0471. The van der Waals surface area contributed by atoms with E-state index in [0.29, 0.717) is 42.4 Å². The SMILES string of the molecule is C/C=C\C(=C/C)NC(=O)N1CCC(C(=O)c2ccc3c(C(=O)OC)nn(C)c3c2)CC1. The van der Waals surface area contributed by atoms with Crippen LogP contribution in [0.3, 0.4) is 0 Å². The highest BCUT2D eigenvalue weighted by Crippen LogP contribution is 2.26. The number of hydrogen-bond acceptors (Lipinski definition) is 5. The Balaban J connectivity index is 1.68. The number of carbonyl (C=O) groups is 3. The lowest BCUT2D eigenvalue weighted by Gasteiger charge is -2.31. The average Bonchev–Trinajstić information content (AvgIpc) is 3.13. The number of Topliss-reactive ketones (excluding diaryl/α,β-unsaturated/α-hetero) is 1. The van der Waals surface area contributed by atoms with Crippen molar-refractivity contribution < 1.29 is 19.1 Å². The number of piperidine rings is 1. The van der Waals surface area contributed by atoms with Crippen LogP contribution >= 0.6 is 0 Å². The van der Waals surface area contributed by atoms with Crippen molar-refractivity contribution >= 4 is 28.7 Å². The Hall–Kier alpha value is -3.42. The van der Waals surface area contributed by atoms with Crippen LogP contribution in [0.2, 0.25) is 0 Å². The van der Waals surface area contributed by atoms with E-state index in [4.69, 9.17) is 4.74 Å². The second-order valence-corrected chi connectivity index (χ2v) is 7.50. The van der Waals surface area contributed by atoms with Crippen LogP contribution in [0.5, 0.6) is 0 Å². The number of esters is 1. The number of carbonyl (C=O) groups excluding carboxylic acids is 3. The van der Waals surface area contributed by atoms with Crippen LogP contribution in [0.25, 0.3) is 10.9 Å². The maximum Gasteiger partial charge on any atom is 0.359 e. The zero-order valence-electron chi connectivity index (χ0n) is 18.3. The lowest BCUT2D eigenvalue weighted by molar-refractivity contribution is 0.0595. The standard InChI is InChI=1S/C23H28N4O4/c1-5-7-17(6-2)24-23(30)27-12-10-15(11-13-27)21(28)16-8-9-18-19(14-16)26(3)25-20(18)22(29)31-4/h5-9,14-15H,10-13H2,1-4H3,(H,24,30)/b7-5-,17-6+. The van der Waals surface area contributed by atoms with Gasteiger partial charge in [0.25, 0.3) is 0 Å². The number of benzene rings is 1. The largest absolute Gasteiger partial charge is 0.464 e. The van der Waals surface area contributed by atoms with Crippen molar-refractivity contribution in [1.29, 1.82) is 0 Å². The highest BCUT2D eigenvalue weighted by Gasteiger charge is 2.28. The van der Waals surface area contributed by atoms with Gasteiger partial charge < -0.3 is 15.0 Å². The van der Waals surface area contributed by atoms with Crippen LogP contribution < -0.4 is 5.32 Å². The topological polar surface area (TPSA) is 93.5 Å². The van der Waals surface area contributed by atoms with Gasteiger partial charge in [-0.25, -0.2) is 9.59 Å². The molecule has 1 aliphatic heterocycles. The molecule has 3 rings (SSSR count). The van der Waals surface area contributed by atoms with Crippen molar-refractivity contribution in [2.75, 3.05) is 20.2 Å². The maximum atomic E-state index is 13.1. The van der Waals surface area contributed by atoms with Gasteiger partial charge in [-0.05, 0) is 44.9 Å². The van der Waals surface area contributed by atoms with E-state index in [9.17, 15) is 14.4 Å². The molecule has 1 aromatic carbocycles. The minimum Gasteiger partial charge on any atom is -0.464 e. The van der Waals surface area contributed by atoms with Gasteiger partial charge in [0.1, 0.15) is 0 Å². The quantitative estimate of drug-likeness (QED) is 0.451. The highest BCUT2D eigenvalue weighted by molar-refractivity contribution is 6.05. The van der Waals surface area contributed by atoms with Gasteiger partial charge >= 0.3 is 12.0 Å². The van der Waals surface area contributed by atoms with Crippen LogP contribution in [-0.2, 0) is 11.8 Å². The number of allylic oxidation sites excluding steroid dienone is 3. The summed E-state index contributed by atoms with van der Waals surface area (Å²) in [6.45, 7) is 4.81. The maximum absolute atomic E-state index is 13.1. The van der Waals surface area contributed by atoms with Gasteiger partial charge in [0.2, 0.25) is 0 Å². The molecule has 1 aliphatic rings. The van der Waals surface area contributed by atoms with Crippen LogP contribution in [-0.4, -0.2) is 52.7 Å². The Morgan fingerprint density at radius 2 is 1.90 bits per heavy atom. The van der Waals surface area contributed by atoms with Gasteiger partial charge in [0.15, 0.2) is 11.5 Å². The Morgan fingerprint density at radius 1 is 1.19 bits per heavy atom. The van der Waals surface area contributed by atoms with Crippen molar-refractivity contribution in [2.45, 2.75) is 26.7 Å². The summed E-state index contributed by atoms with van der Waals surface area (Å²) in [5, 5.41) is 7.75.